The van der Waals surface area contributed by atoms with Crippen LogP contribution in [0.3, 0.4) is 0 Å². The molecule has 4 rings (SSSR count). The smallest absolute Gasteiger partial charge is 0.246 e. The van der Waals surface area contributed by atoms with Gasteiger partial charge in [0.25, 0.3) is 0 Å². The molecule has 1 atom stereocenters. The second kappa shape index (κ2) is 9.54. The molecular formula is C25H26N2O4S. The molecule has 1 amide bonds. The molecule has 6 nitrogen and oxygen atoms in total. The lowest BCUT2D eigenvalue weighted by molar-refractivity contribution is -0.121. The summed E-state index contributed by atoms with van der Waals surface area (Å²) < 4.78 is 29.6. The standard InChI is InChI=1S/C25H26N2O4S/c1-19-6-5-9-23(18-19)31-22-12-10-21(11-13-22)26-25(28)24(20-7-3-2-4-8-20)27-14-16-32(29,30)17-15-27/h2-13,18,24H,14-17H2,1H3,(H,26,28). The Labute approximate surface area is 188 Å². The fraction of sp³-hybridized carbons (Fsp3) is 0.240. The lowest BCUT2D eigenvalue weighted by Crippen LogP contribution is -2.46. The van der Waals surface area contributed by atoms with Gasteiger partial charge in [-0.05, 0) is 54.4 Å². The summed E-state index contributed by atoms with van der Waals surface area (Å²) in [7, 11) is -3.04. The second-order valence-electron chi connectivity index (χ2n) is 7.93. The average Bonchev–Trinajstić information content (AvgIpc) is 2.77. The Morgan fingerprint density at radius 2 is 1.59 bits per heavy atom. The first kappa shape index (κ1) is 22.0. The third kappa shape index (κ3) is 5.55. The molecule has 1 saturated heterocycles. The van der Waals surface area contributed by atoms with E-state index in [2.05, 4.69) is 5.32 Å². The maximum absolute atomic E-state index is 13.3. The van der Waals surface area contributed by atoms with E-state index in [-0.39, 0.29) is 17.4 Å². The maximum Gasteiger partial charge on any atom is 0.246 e. The summed E-state index contributed by atoms with van der Waals surface area (Å²) in [5, 5.41) is 2.97. The van der Waals surface area contributed by atoms with Gasteiger partial charge >= 0.3 is 0 Å². The summed E-state index contributed by atoms with van der Waals surface area (Å²) in [5.74, 6) is 1.37. The number of hydrogen-bond donors (Lipinski definition) is 1. The number of carbonyl (C=O) groups excluding carboxylic acids is 1. The molecule has 0 spiro atoms. The van der Waals surface area contributed by atoms with Crippen LogP contribution in [-0.4, -0.2) is 43.8 Å². The molecule has 7 heteroatoms. The van der Waals surface area contributed by atoms with Crippen LogP contribution < -0.4 is 10.1 Å². The molecule has 166 valence electrons. The number of hydrogen-bond acceptors (Lipinski definition) is 5. The number of amides is 1. The molecule has 0 saturated carbocycles. The van der Waals surface area contributed by atoms with Crippen molar-refractivity contribution in [3.63, 3.8) is 0 Å². The molecule has 3 aromatic carbocycles. The summed E-state index contributed by atoms with van der Waals surface area (Å²) >= 11 is 0. The van der Waals surface area contributed by atoms with E-state index in [1.54, 1.807) is 12.1 Å². The molecule has 1 aliphatic rings. The van der Waals surface area contributed by atoms with Crippen molar-refractivity contribution in [1.29, 1.82) is 0 Å². The number of rotatable bonds is 6. The van der Waals surface area contributed by atoms with Crippen LogP contribution in [-0.2, 0) is 14.6 Å². The van der Waals surface area contributed by atoms with Crippen molar-refractivity contribution in [2.75, 3.05) is 29.9 Å². The number of ether oxygens (including phenoxy) is 1. The topological polar surface area (TPSA) is 75.7 Å². The van der Waals surface area contributed by atoms with Crippen molar-refractivity contribution in [3.05, 3.63) is 90.0 Å². The highest BCUT2D eigenvalue weighted by Crippen LogP contribution is 2.27. The van der Waals surface area contributed by atoms with E-state index in [0.29, 0.717) is 24.5 Å². The van der Waals surface area contributed by atoms with Gasteiger partial charge in [0, 0.05) is 18.8 Å². The van der Waals surface area contributed by atoms with Crippen molar-refractivity contribution in [1.82, 2.24) is 4.90 Å². The van der Waals surface area contributed by atoms with Crippen molar-refractivity contribution in [2.45, 2.75) is 13.0 Å². The molecule has 1 unspecified atom stereocenters. The van der Waals surface area contributed by atoms with Gasteiger partial charge in [0.05, 0.1) is 11.5 Å². The van der Waals surface area contributed by atoms with Gasteiger partial charge in [-0.1, -0.05) is 42.5 Å². The zero-order chi connectivity index (χ0) is 22.6. The number of sulfone groups is 1. The first-order valence-electron chi connectivity index (χ1n) is 10.5. The number of aryl methyl sites for hydroxylation is 1. The molecule has 3 aromatic rings. The molecule has 1 N–H and O–H groups in total. The molecule has 1 heterocycles. The van der Waals surface area contributed by atoms with E-state index in [1.807, 2.05) is 78.6 Å². The minimum Gasteiger partial charge on any atom is -0.457 e. The minimum absolute atomic E-state index is 0.0641. The van der Waals surface area contributed by atoms with Crippen LogP contribution in [0.15, 0.2) is 78.9 Å². The third-order valence-corrected chi connectivity index (χ3v) is 7.06. The van der Waals surface area contributed by atoms with E-state index >= 15 is 0 Å². The lowest BCUT2D eigenvalue weighted by Gasteiger charge is -2.33. The summed E-state index contributed by atoms with van der Waals surface area (Å²) in [4.78, 5) is 15.2. The van der Waals surface area contributed by atoms with E-state index in [9.17, 15) is 13.2 Å². The summed E-state index contributed by atoms with van der Waals surface area (Å²) in [6.07, 6.45) is 0. The first-order chi connectivity index (χ1) is 15.4. The van der Waals surface area contributed by atoms with E-state index in [0.717, 1.165) is 16.9 Å². The fourth-order valence-corrected chi connectivity index (χ4v) is 5.01. The normalized spacial score (nSPS) is 16.8. The van der Waals surface area contributed by atoms with Crippen LogP contribution >= 0.6 is 0 Å². The lowest BCUT2D eigenvalue weighted by atomic mass is 10.0. The van der Waals surface area contributed by atoms with Gasteiger partial charge in [0.15, 0.2) is 9.84 Å². The predicted octanol–water partition coefficient (Wildman–Crippen LogP) is 4.20. The maximum atomic E-state index is 13.3. The summed E-state index contributed by atoms with van der Waals surface area (Å²) in [6, 6.07) is 23.9. The summed E-state index contributed by atoms with van der Waals surface area (Å²) in [6.45, 7) is 2.67. The Morgan fingerprint density at radius 1 is 0.906 bits per heavy atom. The van der Waals surface area contributed by atoms with Crippen LogP contribution in [0.1, 0.15) is 17.2 Å². The van der Waals surface area contributed by atoms with Gasteiger partial charge in [-0.2, -0.15) is 0 Å². The van der Waals surface area contributed by atoms with Crippen LogP contribution in [0.2, 0.25) is 0 Å². The highest BCUT2D eigenvalue weighted by Gasteiger charge is 2.32. The molecule has 0 bridgehead atoms. The average molecular weight is 451 g/mol. The van der Waals surface area contributed by atoms with Gasteiger partial charge in [-0.15, -0.1) is 0 Å². The van der Waals surface area contributed by atoms with Crippen LogP contribution in [0, 0.1) is 6.92 Å². The Bertz CT molecular complexity index is 1160. The van der Waals surface area contributed by atoms with E-state index < -0.39 is 15.9 Å². The van der Waals surface area contributed by atoms with Crippen molar-refractivity contribution >= 4 is 21.4 Å². The zero-order valence-electron chi connectivity index (χ0n) is 17.9. The zero-order valence-corrected chi connectivity index (χ0v) is 18.7. The summed E-state index contributed by atoms with van der Waals surface area (Å²) in [5.41, 5.74) is 2.60. The molecule has 0 radical (unpaired) electrons. The van der Waals surface area contributed by atoms with Crippen LogP contribution in [0.25, 0.3) is 0 Å². The van der Waals surface area contributed by atoms with Crippen molar-refractivity contribution in [2.24, 2.45) is 0 Å². The van der Waals surface area contributed by atoms with Gasteiger partial charge in [0.1, 0.15) is 17.5 Å². The molecule has 0 aromatic heterocycles. The molecule has 1 aliphatic heterocycles. The highest BCUT2D eigenvalue weighted by atomic mass is 32.2. The van der Waals surface area contributed by atoms with Gasteiger partial charge in [-0.25, -0.2) is 8.42 Å². The van der Waals surface area contributed by atoms with Gasteiger partial charge < -0.3 is 10.1 Å². The number of nitrogens with zero attached hydrogens (tertiary/aromatic N) is 1. The first-order valence-corrected chi connectivity index (χ1v) is 12.4. The Hall–Kier alpha value is -3.16. The monoisotopic (exact) mass is 450 g/mol. The highest BCUT2D eigenvalue weighted by molar-refractivity contribution is 7.91. The van der Waals surface area contributed by atoms with Crippen molar-refractivity contribution in [3.8, 4) is 11.5 Å². The number of anilines is 1. The van der Waals surface area contributed by atoms with Gasteiger partial charge in [0.2, 0.25) is 5.91 Å². The SMILES string of the molecule is Cc1cccc(Oc2ccc(NC(=O)C(c3ccccc3)N3CCS(=O)(=O)CC3)cc2)c1. The van der Waals surface area contributed by atoms with E-state index in [4.69, 9.17) is 4.74 Å². The molecule has 0 aliphatic carbocycles. The van der Waals surface area contributed by atoms with Crippen LogP contribution in [0.4, 0.5) is 5.69 Å². The quantitative estimate of drug-likeness (QED) is 0.609. The van der Waals surface area contributed by atoms with Crippen LogP contribution in [0.5, 0.6) is 11.5 Å². The van der Waals surface area contributed by atoms with Crippen molar-refractivity contribution < 1.29 is 17.9 Å². The Balaban J connectivity index is 1.48. The minimum atomic E-state index is -3.04. The number of nitrogens with one attached hydrogen (secondary N) is 1. The number of benzene rings is 3. The predicted molar refractivity (Wildman–Crippen MR) is 126 cm³/mol. The molecule has 1 fully saturated rings. The largest absolute Gasteiger partial charge is 0.457 e. The third-order valence-electron chi connectivity index (χ3n) is 5.45. The fourth-order valence-electron chi connectivity index (χ4n) is 3.78. The molecular weight excluding hydrogens is 424 g/mol. The Morgan fingerprint density at radius 3 is 2.25 bits per heavy atom. The number of carbonyl (C=O) groups is 1. The van der Waals surface area contributed by atoms with E-state index in [1.165, 1.54) is 0 Å². The Kier molecular flexibility index (Phi) is 6.58. The molecule has 32 heavy (non-hydrogen) atoms. The second-order valence-corrected chi connectivity index (χ2v) is 10.2. The van der Waals surface area contributed by atoms with Gasteiger partial charge in [-0.3, -0.25) is 9.69 Å².